The molecule has 0 amide bonds. The lowest BCUT2D eigenvalue weighted by atomic mass is 10.2. The second kappa shape index (κ2) is 5.85. The van der Waals surface area contributed by atoms with Gasteiger partial charge in [0.25, 0.3) is 0 Å². The van der Waals surface area contributed by atoms with Gasteiger partial charge in [0.1, 0.15) is 6.07 Å². The van der Waals surface area contributed by atoms with Crippen LogP contribution in [-0.4, -0.2) is 23.7 Å². The van der Waals surface area contributed by atoms with Crippen LogP contribution in [0.15, 0.2) is 29.2 Å². The van der Waals surface area contributed by atoms with Crippen LogP contribution in [0.3, 0.4) is 0 Å². The number of aromatic nitrogens is 2. The van der Waals surface area contributed by atoms with E-state index in [0.29, 0.717) is 12.1 Å². The SMILES string of the molecule is Cc1nc(C#N)n(Cc2ccc(S(=O)(=O)C(F)F)cc2)c1C. The molecule has 2 aromatic rings. The van der Waals surface area contributed by atoms with Gasteiger partial charge in [0, 0.05) is 12.2 Å². The molecule has 0 N–H and O–H groups in total. The van der Waals surface area contributed by atoms with Crippen LogP contribution in [0.4, 0.5) is 8.78 Å². The molecule has 0 aliphatic heterocycles. The average molecular weight is 325 g/mol. The summed E-state index contributed by atoms with van der Waals surface area (Å²) in [4.78, 5) is 3.69. The van der Waals surface area contributed by atoms with Gasteiger partial charge in [-0.3, -0.25) is 0 Å². The van der Waals surface area contributed by atoms with Crippen LogP contribution in [0.25, 0.3) is 0 Å². The number of nitrogens with zero attached hydrogens (tertiary/aromatic N) is 3. The van der Waals surface area contributed by atoms with E-state index in [9.17, 15) is 17.2 Å². The van der Waals surface area contributed by atoms with Gasteiger partial charge >= 0.3 is 5.76 Å². The zero-order chi connectivity index (χ0) is 16.5. The van der Waals surface area contributed by atoms with Crippen LogP contribution in [-0.2, 0) is 16.4 Å². The van der Waals surface area contributed by atoms with Gasteiger partial charge < -0.3 is 4.57 Å². The number of aryl methyl sites for hydroxylation is 1. The molecular formula is C14H13F2N3O2S. The molecule has 0 unspecified atom stereocenters. The van der Waals surface area contributed by atoms with Crippen molar-refractivity contribution in [3.63, 3.8) is 0 Å². The Balaban J connectivity index is 2.33. The lowest BCUT2D eigenvalue weighted by molar-refractivity contribution is 0.234. The molecule has 0 spiro atoms. The normalized spacial score (nSPS) is 11.6. The highest BCUT2D eigenvalue weighted by Gasteiger charge is 2.26. The molecule has 8 heteroatoms. The van der Waals surface area contributed by atoms with Crippen molar-refractivity contribution in [3.05, 3.63) is 47.0 Å². The fraction of sp³-hybridized carbons (Fsp3) is 0.286. The van der Waals surface area contributed by atoms with E-state index in [2.05, 4.69) is 4.98 Å². The third kappa shape index (κ3) is 2.85. The summed E-state index contributed by atoms with van der Waals surface area (Å²) >= 11 is 0. The molecule has 1 aromatic carbocycles. The van der Waals surface area contributed by atoms with Gasteiger partial charge in [0.05, 0.1) is 10.6 Å². The van der Waals surface area contributed by atoms with E-state index in [1.54, 1.807) is 11.5 Å². The first-order chi connectivity index (χ1) is 10.3. The number of hydrogen-bond acceptors (Lipinski definition) is 4. The molecule has 0 saturated carbocycles. The van der Waals surface area contributed by atoms with Crippen molar-refractivity contribution in [3.8, 4) is 6.07 Å². The van der Waals surface area contributed by atoms with Crippen molar-refractivity contribution < 1.29 is 17.2 Å². The van der Waals surface area contributed by atoms with E-state index in [-0.39, 0.29) is 5.82 Å². The Morgan fingerprint density at radius 3 is 2.36 bits per heavy atom. The third-order valence-electron chi connectivity index (χ3n) is 3.38. The standard InChI is InChI=1S/C14H13F2N3O2S/c1-9-10(2)19(13(7-17)18-9)8-11-3-5-12(6-4-11)22(20,21)14(15)16/h3-6,14H,8H2,1-2H3. The van der Waals surface area contributed by atoms with Crippen molar-refractivity contribution in [2.75, 3.05) is 0 Å². The molecule has 5 nitrogen and oxygen atoms in total. The molecular weight excluding hydrogens is 312 g/mol. The molecule has 0 aliphatic carbocycles. The van der Waals surface area contributed by atoms with Crippen LogP contribution in [0, 0.1) is 25.2 Å². The van der Waals surface area contributed by atoms with Gasteiger partial charge in [0.15, 0.2) is 0 Å². The molecule has 0 bridgehead atoms. The van der Waals surface area contributed by atoms with Crippen LogP contribution >= 0.6 is 0 Å². The van der Waals surface area contributed by atoms with E-state index >= 15 is 0 Å². The summed E-state index contributed by atoms with van der Waals surface area (Å²) < 4.78 is 49.3. The summed E-state index contributed by atoms with van der Waals surface area (Å²) in [6.07, 6.45) is 0. The monoisotopic (exact) mass is 325 g/mol. The summed E-state index contributed by atoms with van der Waals surface area (Å²) in [5.74, 6) is -3.19. The predicted molar refractivity (Wildman–Crippen MR) is 75.1 cm³/mol. The molecule has 0 aliphatic rings. The number of benzene rings is 1. The summed E-state index contributed by atoms with van der Waals surface area (Å²) in [7, 11) is -4.59. The van der Waals surface area contributed by atoms with Crippen molar-refractivity contribution in [1.82, 2.24) is 9.55 Å². The Bertz CT molecular complexity index is 834. The van der Waals surface area contributed by atoms with E-state index in [1.165, 1.54) is 12.1 Å². The summed E-state index contributed by atoms with van der Waals surface area (Å²) in [6, 6.07) is 7.17. The fourth-order valence-corrected chi connectivity index (χ4v) is 2.72. The Hall–Kier alpha value is -2.27. The van der Waals surface area contributed by atoms with E-state index in [0.717, 1.165) is 23.5 Å². The highest BCUT2D eigenvalue weighted by atomic mass is 32.2. The Kier molecular flexibility index (Phi) is 4.28. The van der Waals surface area contributed by atoms with Gasteiger partial charge in [-0.25, -0.2) is 13.4 Å². The zero-order valence-corrected chi connectivity index (χ0v) is 12.7. The maximum absolute atomic E-state index is 12.5. The molecule has 2 rings (SSSR count). The lowest BCUT2D eigenvalue weighted by Gasteiger charge is -2.08. The van der Waals surface area contributed by atoms with Crippen LogP contribution < -0.4 is 0 Å². The number of imidazole rings is 1. The highest BCUT2D eigenvalue weighted by molar-refractivity contribution is 7.91. The van der Waals surface area contributed by atoms with Gasteiger partial charge in [-0.15, -0.1) is 0 Å². The van der Waals surface area contributed by atoms with Crippen LogP contribution in [0.5, 0.6) is 0 Å². The highest BCUT2D eigenvalue weighted by Crippen LogP contribution is 2.20. The third-order valence-corrected chi connectivity index (χ3v) is 4.78. The topological polar surface area (TPSA) is 75.8 Å². The second-order valence-electron chi connectivity index (χ2n) is 4.75. The number of sulfone groups is 1. The summed E-state index contributed by atoms with van der Waals surface area (Å²) in [5, 5.41) is 9.05. The maximum atomic E-state index is 12.5. The number of nitriles is 1. The first-order valence-corrected chi connectivity index (χ1v) is 7.87. The number of halogens is 2. The minimum absolute atomic E-state index is 0.249. The lowest BCUT2D eigenvalue weighted by Crippen LogP contribution is -2.11. The number of hydrogen-bond donors (Lipinski definition) is 0. The number of rotatable bonds is 4. The zero-order valence-electron chi connectivity index (χ0n) is 11.9. The Morgan fingerprint density at radius 2 is 1.86 bits per heavy atom. The molecule has 1 aromatic heterocycles. The molecule has 1 heterocycles. The molecule has 116 valence electrons. The summed E-state index contributed by atoms with van der Waals surface area (Å²) in [5.41, 5.74) is 2.24. The van der Waals surface area contributed by atoms with E-state index in [4.69, 9.17) is 5.26 Å². The molecule has 0 fully saturated rings. The minimum atomic E-state index is -4.59. The van der Waals surface area contributed by atoms with Gasteiger partial charge in [-0.2, -0.15) is 14.0 Å². The van der Waals surface area contributed by atoms with Crippen molar-refractivity contribution >= 4 is 9.84 Å². The molecule has 0 radical (unpaired) electrons. The quantitative estimate of drug-likeness (QED) is 0.865. The minimum Gasteiger partial charge on any atom is -0.315 e. The molecule has 0 saturated heterocycles. The van der Waals surface area contributed by atoms with E-state index < -0.39 is 20.5 Å². The van der Waals surface area contributed by atoms with Crippen molar-refractivity contribution in [1.29, 1.82) is 5.26 Å². The number of alkyl halides is 2. The van der Waals surface area contributed by atoms with Gasteiger partial charge in [-0.05, 0) is 31.5 Å². The average Bonchev–Trinajstić information content (AvgIpc) is 2.75. The van der Waals surface area contributed by atoms with Crippen LogP contribution in [0.1, 0.15) is 22.8 Å². The summed E-state index contributed by atoms with van der Waals surface area (Å²) in [6.45, 7) is 3.91. The molecule has 22 heavy (non-hydrogen) atoms. The van der Waals surface area contributed by atoms with Crippen LogP contribution in [0.2, 0.25) is 0 Å². The molecule has 0 atom stereocenters. The van der Waals surface area contributed by atoms with E-state index in [1.807, 2.05) is 13.0 Å². The van der Waals surface area contributed by atoms with Crippen molar-refractivity contribution in [2.45, 2.75) is 31.0 Å². The van der Waals surface area contributed by atoms with Gasteiger partial charge in [0.2, 0.25) is 15.7 Å². The maximum Gasteiger partial charge on any atom is 0.341 e. The first kappa shape index (κ1) is 16.1. The largest absolute Gasteiger partial charge is 0.341 e. The Labute approximate surface area is 126 Å². The fourth-order valence-electron chi connectivity index (χ4n) is 2.00. The predicted octanol–water partition coefficient (Wildman–Crippen LogP) is 2.42. The van der Waals surface area contributed by atoms with Crippen molar-refractivity contribution in [2.24, 2.45) is 0 Å². The second-order valence-corrected chi connectivity index (χ2v) is 6.67. The smallest absolute Gasteiger partial charge is 0.315 e. The Morgan fingerprint density at radius 1 is 1.27 bits per heavy atom. The first-order valence-electron chi connectivity index (χ1n) is 6.32. The van der Waals surface area contributed by atoms with Gasteiger partial charge in [-0.1, -0.05) is 12.1 Å².